The van der Waals surface area contributed by atoms with E-state index in [2.05, 4.69) is 4.99 Å². The number of benzene rings is 2. The molecule has 1 heterocycles. The van der Waals surface area contributed by atoms with Crippen LogP contribution in [0, 0.1) is 0 Å². The Morgan fingerprint density at radius 2 is 1.86 bits per heavy atom. The van der Waals surface area contributed by atoms with Gasteiger partial charge in [0.1, 0.15) is 6.54 Å². The lowest BCUT2D eigenvalue weighted by atomic mass is 10.1. The van der Waals surface area contributed by atoms with E-state index in [-0.39, 0.29) is 13.0 Å². The molecule has 2 aromatic carbocycles. The van der Waals surface area contributed by atoms with Crippen LogP contribution in [0.3, 0.4) is 0 Å². The number of carbonyl (C=O) groups excluding carboxylic acids is 3. The molecule has 29 heavy (non-hydrogen) atoms. The molecule has 0 atom stereocenters. The lowest BCUT2D eigenvalue weighted by molar-refractivity contribution is -0.141. The Kier molecular flexibility index (Phi) is 6.46. The van der Waals surface area contributed by atoms with Crippen LogP contribution >= 0.6 is 22.9 Å². The Morgan fingerprint density at radius 3 is 2.55 bits per heavy atom. The fourth-order valence-corrected chi connectivity index (χ4v) is 3.99. The van der Waals surface area contributed by atoms with Gasteiger partial charge in [0, 0.05) is 5.02 Å². The van der Waals surface area contributed by atoms with Crippen molar-refractivity contribution in [3.63, 3.8) is 0 Å². The van der Waals surface area contributed by atoms with Crippen LogP contribution in [-0.2, 0) is 32.0 Å². The summed E-state index contributed by atoms with van der Waals surface area (Å²) >= 11 is 7.30. The highest BCUT2D eigenvalue weighted by Crippen LogP contribution is 2.20. The number of methoxy groups -OCH3 is 2. The number of rotatable bonds is 5. The first-order valence-corrected chi connectivity index (χ1v) is 9.72. The summed E-state index contributed by atoms with van der Waals surface area (Å²) < 4.78 is 11.8. The average Bonchev–Trinajstić information content (AvgIpc) is 3.04. The van der Waals surface area contributed by atoms with Crippen LogP contribution in [0.5, 0.6) is 0 Å². The van der Waals surface area contributed by atoms with E-state index in [0.29, 0.717) is 31.2 Å². The zero-order chi connectivity index (χ0) is 21.0. The second-order valence-electron chi connectivity index (χ2n) is 5.99. The summed E-state index contributed by atoms with van der Waals surface area (Å²) in [5.74, 6) is -1.37. The Bertz CT molecular complexity index is 1170. The second kappa shape index (κ2) is 9.02. The molecular formula is C20H17ClN2O5S. The number of esters is 2. The highest BCUT2D eigenvalue weighted by molar-refractivity contribution is 7.16. The number of aromatic nitrogens is 1. The summed E-state index contributed by atoms with van der Waals surface area (Å²) in [5.41, 5.74) is 1.68. The largest absolute Gasteiger partial charge is 0.468 e. The van der Waals surface area contributed by atoms with Crippen molar-refractivity contribution < 1.29 is 23.9 Å². The maximum Gasteiger partial charge on any atom is 0.337 e. The molecule has 0 aliphatic heterocycles. The molecule has 0 saturated heterocycles. The van der Waals surface area contributed by atoms with Crippen LogP contribution in [0.25, 0.3) is 10.2 Å². The third-order valence-corrected chi connectivity index (χ3v) is 5.55. The number of nitrogens with zero attached hydrogens (tertiary/aromatic N) is 2. The Hall–Kier alpha value is -2.97. The molecule has 0 unspecified atom stereocenters. The molecule has 7 nitrogen and oxygen atoms in total. The van der Waals surface area contributed by atoms with Crippen LogP contribution in [-0.4, -0.2) is 36.6 Å². The van der Waals surface area contributed by atoms with Crippen molar-refractivity contribution in [1.29, 1.82) is 0 Å². The van der Waals surface area contributed by atoms with Crippen molar-refractivity contribution in [2.24, 2.45) is 4.99 Å². The van der Waals surface area contributed by atoms with Gasteiger partial charge in [0.15, 0.2) is 4.80 Å². The lowest BCUT2D eigenvalue weighted by Gasteiger charge is -2.04. The molecule has 0 aliphatic carbocycles. The molecule has 3 rings (SSSR count). The first-order chi connectivity index (χ1) is 13.9. The van der Waals surface area contributed by atoms with Crippen molar-refractivity contribution in [2.75, 3.05) is 14.2 Å². The van der Waals surface area contributed by atoms with Gasteiger partial charge in [0.25, 0.3) is 5.91 Å². The van der Waals surface area contributed by atoms with E-state index in [1.54, 1.807) is 47.0 Å². The van der Waals surface area contributed by atoms with Crippen LogP contribution in [0.1, 0.15) is 15.9 Å². The molecule has 0 fully saturated rings. The quantitative estimate of drug-likeness (QED) is 0.578. The minimum Gasteiger partial charge on any atom is -0.468 e. The highest BCUT2D eigenvalue weighted by atomic mass is 35.5. The number of amides is 1. The van der Waals surface area contributed by atoms with E-state index in [1.807, 2.05) is 0 Å². The van der Waals surface area contributed by atoms with Crippen LogP contribution in [0.15, 0.2) is 47.5 Å². The fraction of sp³-hybridized carbons (Fsp3) is 0.200. The first-order valence-electron chi connectivity index (χ1n) is 8.52. The molecule has 0 bridgehead atoms. The minimum absolute atomic E-state index is 0.0273. The molecule has 0 radical (unpaired) electrons. The molecule has 3 aromatic rings. The van der Waals surface area contributed by atoms with E-state index >= 15 is 0 Å². The lowest BCUT2D eigenvalue weighted by Crippen LogP contribution is -2.22. The van der Waals surface area contributed by atoms with Crippen molar-refractivity contribution in [3.8, 4) is 0 Å². The summed E-state index contributed by atoms with van der Waals surface area (Å²) in [4.78, 5) is 40.7. The zero-order valence-electron chi connectivity index (χ0n) is 15.7. The summed E-state index contributed by atoms with van der Waals surface area (Å²) in [6.45, 7) is -0.119. The van der Waals surface area contributed by atoms with Gasteiger partial charge in [0.2, 0.25) is 0 Å². The maximum atomic E-state index is 12.5. The van der Waals surface area contributed by atoms with E-state index in [9.17, 15) is 14.4 Å². The Morgan fingerprint density at radius 1 is 1.10 bits per heavy atom. The van der Waals surface area contributed by atoms with E-state index in [0.717, 1.165) is 0 Å². The highest BCUT2D eigenvalue weighted by Gasteiger charge is 2.15. The van der Waals surface area contributed by atoms with Gasteiger partial charge in [-0.25, -0.2) is 4.79 Å². The molecule has 0 saturated carbocycles. The number of hydrogen-bond acceptors (Lipinski definition) is 6. The topological polar surface area (TPSA) is 87.0 Å². The van der Waals surface area contributed by atoms with Gasteiger partial charge in [-0.05, 0) is 29.8 Å². The molecule has 0 aliphatic rings. The molecule has 9 heteroatoms. The summed E-state index contributed by atoms with van der Waals surface area (Å²) in [7, 11) is 2.58. The molecule has 0 N–H and O–H groups in total. The number of thiazole rings is 1. The standard InChI is InChI=1S/C20H17ClN2O5S/c1-27-18(25)11-23-15-8-7-13(19(26)28-2)9-16(15)29-20(23)22-17(24)10-12-5-3-4-6-14(12)21/h3-9H,10-11H2,1-2H3. The predicted octanol–water partition coefficient (Wildman–Crippen LogP) is 2.99. The SMILES string of the molecule is COC(=O)Cn1c(=NC(=O)Cc2ccccc2Cl)sc2cc(C(=O)OC)ccc21. The van der Waals surface area contributed by atoms with Gasteiger partial charge >= 0.3 is 11.9 Å². The molecule has 0 spiro atoms. The number of fused-ring (bicyclic) bond motifs is 1. The normalized spacial score (nSPS) is 11.5. The van der Waals surface area contributed by atoms with E-state index < -0.39 is 17.8 Å². The van der Waals surface area contributed by atoms with Gasteiger partial charge in [-0.1, -0.05) is 41.1 Å². The van der Waals surface area contributed by atoms with E-state index in [1.165, 1.54) is 25.6 Å². The van der Waals surface area contributed by atoms with Gasteiger partial charge < -0.3 is 14.0 Å². The number of ether oxygens (including phenoxy) is 2. The van der Waals surface area contributed by atoms with Crippen LogP contribution in [0.2, 0.25) is 5.02 Å². The van der Waals surface area contributed by atoms with Gasteiger partial charge in [0.05, 0.1) is 36.4 Å². The van der Waals surface area contributed by atoms with E-state index in [4.69, 9.17) is 21.1 Å². The maximum absolute atomic E-state index is 12.5. The first kappa shape index (κ1) is 20.8. The Labute approximate surface area is 175 Å². The monoisotopic (exact) mass is 432 g/mol. The van der Waals surface area contributed by atoms with Gasteiger partial charge in [-0.3, -0.25) is 9.59 Å². The van der Waals surface area contributed by atoms with Crippen molar-refractivity contribution in [3.05, 3.63) is 63.4 Å². The smallest absolute Gasteiger partial charge is 0.337 e. The fourth-order valence-electron chi connectivity index (χ4n) is 2.70. The van der Waals surface area contributed by atoms with Crippen molar-refractivity contribution in [1.82, 2.24) is 4.57 Å². The second-order valence-corrected chi connectivity index (χ2v) is 7.41. The van der Waals surface area contributed by atoms with Gasteiger partial charge in [-0.15, -0.1) is 0 Å². The predicted molar refractivity (Wildman–Crippen MR) is 109 cm³/mol. The van der Waals surface area contributed by atoms with Gasteiger partial charge in [-0.2, -0.15) is 4.99 Å². The third-order valence-electron chi connectivity index (χ3n) is 4.14. The molecular weight excluding hydrogens is 416 g/mol. The summed E-state index contributed by atoms with van der Waals surface area (Å²) in [5, 5.41) is 0.484. The van der Waals surface area contributed by atoms with Crippen LogP contribution in [0.4, 0.5) is 0 Å². The van der Waals surface area contributed by atoms with Crippen molar-refractivity contribution >= 4 is 51.0 Å². The zero-order valence-corrected chi connectivity index (χ0v) is 17.2. The number of hydrogen-bond donors (Lipinski definition) is 0. The third kappa shape index (κ3) is 4.72. The molecule has 1 amide bonds. The molecule has 150 valence electrons. The minimum atomic E-state index is -0.484. The Balaban J connectivity index is 2.06. The van der Waals surface area contributed by atoms with Crippen LogP contribution < -0.4 is 4.80 Å². The number of halogens is 1. The average molecular weight is 433 g/mol. The number of carbonyl (C=O) groups is 3. The summed E-state index contributed by atoms with van der Waals surface area (Å²) in [6, 6.07) is 11.9. The molecule has 1 aromatic heterocycles. The van der Waals surface area contributed by atoms with Crippen molar-refractivity contribution in [2.45, 2.75) is 13.0 Å². The summed E-state index contributed by atoms with van der Waals surface area (Å²) in [6.07, 6.45) is 0.0273.